The van der Waals surface area contributed by atoms with Crippen molar-refractivity contribution in [1.29, 1.82) is 21.0 Å². The molecule has 0 bridgehead atoms. The number of rotatable bonds is 0. The third kappa shape index (κ3) is 2.58. The SMILES string of the molecule is N#CC(C#N)=c1c2ccccc2c(=C(C#N)C#N)c2cc(I)ccc12. The molecule has 0 aliphatic carbocycles. The molecule has 0 atom stereocenters. The fourth-order valence-electron chi connectivity index (χ4n) is 2.96. The van der Waals surface area contributed by atoms with Crippen molar-refractivity contribution < 1.29 is 0 Å². The third-order valence-corrected chi connectivity index (χ3v) is 4.60. The Morgan fingerprint density at radius 2 is 1.08 bits per heavy atom. The van der Waals surface area contributed by atoms with Gasteiger partial charge < -0.3 is 0 Å². The van der Waals surface area contributed by atoms with Crippen LogP contribution >= 0.6 is 22.6 Å². The Labute approximate surface area is 156 Å². The smallest absolute Gasteiger partial charge is 0.138 e. The van der Waals surface area contributed by atoms with E-state index >= 15 is 0 Å². The van der Waals surface area contributed by atoms with Gasteiger partial charge in [0.05, 0.1) is 0 Å². The van der Waals surface area contributed by atoms with Crippen molar-refractivity contribution in [3.05, 3.63) is 56.5 Å². The van der Waals surface area contributed by atoms with Gasteiger partial charge in [-0.3, -0.25) is 0 Å². The number of nitriles is 4. The Morgan fingerprint density at radius 3 is 1.56 bits per heavy atom. The van der Waals surface area contributed by atoms with Crippen LogP contribution < -0.4 is 10.4 Å². The summed E-state index contributed by atoms with van der Waals surface area (Å²) in [6.07, 6.45) is 0. The molecule has 0 N–H and O–H groups in total. The molecule has 5 heteroatoms. The zero-order valence-electron chi connectivity index (χ0n) is 12.7. The first kappa shape index (κ1) is 16.5. The van der Waals surface area contributed by atoms with Gasteiger partial charge in [0.1, 0.15) is 35.4 Å². The first-order valence-corrected chi connectivity index (χ1v) is 8.23. The molecule has 0 saturated heterocycles. The number of nitrogens with zero attached hydrogens (tertiary/aromatic N) is 4. The summed E-state index contributed by atoms with van der Waals surface area (Å²) < 4.78 is 0.929. The van der Waals surface area contributed by atoms with E-state index in [4.69, 9.17) is 0 Å². The van der Waals surface area contributed by atoms with Crippen LogP contribution in [-0.2, 0) is 0 Å². The van der Waals surface area contributed by atoms with Crippen LogP contribution in [-0.4, -0.2) is 0 Å². The largest absolute Gasteiger partial charge is 0.192 e. The predicted molar refractivity (Wildman–Crippen MR) is 103 cm³/mol. The van der Waals surface area contributed by atoms with Crippen molar-refractivity contribution >= 4 is 55.3 Å². The predicted octanol–water partition coefficient (Wildman–Crippen LogP) is 2.99. The summed E-state index contributed by atoms with van der Waals surface area (Å²) in [6.45, 7) is 0. The molecule has 3 rings (SSSR count). The molecule has 0 spiro atoms. The van der Waals surface area contributed by atoms with E-state index in [1.165, 1.54) is 0 Å². The maximum absolute atomic E-state index is 9.42. The van der Waals surface area contributed by atoms with Crippen LogP contribution in [0, 0.1) is 48.9 Å². The highest BCUT2D eigenvalue weighted by molar-refractivity contribution is 14.1. The molecule has 0 radical (unpaired) electrons. The molecule has 0 heterocycles. The van der Waals surface area contributed by atoms with E-state index in [0.717, 1.165) is 3.57 Å². The lowest BCUT2D eigenvalue weighted by Gasteiger charge is -2.08. The molecule has 3 aromatic carbocycles. The van der Waals surface area contributed by atoms with E-state index < -0.39 is 0 Å². The normalized spacial score (nSPS) is 9.64. The van der Waals surface area contributed by atoms with Gasteiger partial charge in [0.25, 0.3) is 0 Å². The van der Waals surface area contributed by atoms with E-state index in [0.29, 0.717) is 32.0 Å². The number of hydrogen-bond acceptors (Lipinski definition) is 4. The lowest BCUT2D eigenvalue weighted by molar-refractivity contribution is 1.49. The van der Waals surface area contributed by atoms with Crippen LogP contribution in [0.5, 0.6) is 0 Å². The van der Waals surface area contributed by atoms with Gasteiger partial charge in [-0.05, 0) is 56.3 Å². The topological polar surface area (TPSA) is 95.2 Å². The van der Waals surface area contributed by atoms with Gasteiger partial charge in [-0.15, -0.1) is 0 Å². The summed E-state index contributed by atoms with van der Waals surface area (Å²) in [5.74, 6) is 0. The molecule has 0 unspecified atom stereocenters. The second kappa shape index (κ2) is 6.62. The van der Waals surface area contributed by atoms with Gasteiger partial charge >= 0.3 is 0 Å². The van der Waals surface area contributed by atoms with Gasteiger partial charge in [-0.1, -0.05) is 30.3 Å². The molecule has 114 valence electrons. The standard InChI is InChI=1S/C20H7IN4/c21-14-5-6-17-18(7-14)20(13(10-24)11-25)16-4-2-1-3-15(16)19(17)12(8-22)9-23/h1-7H. The molecule has 0 amide bonds. The molecule has 25 heavy (non-hydrogen) atoms. The van der Waals surface area contributed by atoms with Crippen molar-refractivity contribution in [3.63, 3.8) is 0 Å². The quantitative estimate of drug-likeness (QED) is 0.405. The van der Waals surface area contributed by atoms with Crippen LogP contribution in [0.1, 0.15) is 0 Å². The lowest BCUT2D eigenvalue weighted by atomic mass is 9.94. The molecule has 0 fully saturated rings. The Morgan fingerprint density at radius 1 is 0.640 bits per heavy atom. The molecular formula is C20H7IN4. The number of benzene rings is 3. The van der Waals surface area contributed by atoms with Crippen molar-refractivity contribution in [2.75, 3.05) is 0 Å². The van der Waals surface area contributed by atoms with Crippen molar-refractivity contribution in [1.82, 2.24) is 0 Å². The summed E-state index contributed by atoms with van der Waals surface area (Å²) >= 11 is 2.15. The van der Waals surface area contributed by atoms with Crippen LogP contribution in [0.25, 0.3) is 32.7 Å². The number of hydrogen-bond donors (Lipinski definition) is 0. The minimum absolute atomic E-state index is 0.00410. The molecule has 0 aromatic heterocycles. The second-order valence-corrected chi connectivity index (χ2v) is 6.43. The maximum Gasteiger partial charge on any atom is 0.138 e. The monoisotopic (exact) mass is 430 g/mol. The molecule has 0 aliphatic heterocycles. The average molecular weight is 430 g/mol. The average Bonchev–Trinajstić information content (AvgIpc) is 2.64. The Bertz CT molecular complexity index is 1310. The molecule has 0 aliphatic rings. The Kier molecular flexibility index (Phi) is 4.36. The molecule has 3 aromatic rings. The van der Waals surface area contributed by atoms with Gasteiger partial charge in [0.2, 0.25) is 0 Å². The zero-order valence-corrected chi connectivity index (χ0v) is 14.9. The van der Waals surface area contributed by atoms with E-state index in [2.05, 4.69) is 22.6 Å². The number of fused-ring (bicyclic) bond motifs is 2. The van der Waals surface area contributed by atoms with E-state index in [1.807, 2.05) is 42.5 Å². The maximum atomic E-state index is 9.42. The van der Waals surface area contributed by atoms with Gasteiger partial charge in [-0.25, -0.2) is 0 Å². The van der Waals surface area contributed by atoms with Gasteiger partial charge in [0, 0.05) is 14.0 Å². The first-order valence-electron chi connectivity index (χ1n) is 7.15. The summed E-state index contributed by atoms with van der Waals surface area (Å²) in [5.41, 5.74) is 0.00892. The van der Waals surface area contributed by atoms with Crippen LogP contribution in [0.4, 0.5) is 0 Å². The van der Waals surface area contributed by atoms with Crippen molar-refractivity contribution in [3.8, 4) is 24.3 Å². The Balaban J connectivity index is 2.96. The fourth-order valence-corrected chi connectivity index (χ4v) is 3.45. The summed E-state index contributed by atoms with van der Waals surface area (Å²) in [4.78, 5) is 0. The minimum Gasteiger partial charge on any atom is -0.192 e. The van der Waals surface area contributed by atoms with Crippen LogP contribution in [0.3, 0.4) is 0 Å². The minimum atomic E-state index is 0.00410. The fraction of sp³-hybridized carbons (Fsp3) is 0. The number of halogens is 1. The Hall–Kier alpha value is -3.39. The van der Waals surface area contributed by atoms with E-state index in [-0.39, 0.29) is 11.1 Å². The van der Waals surface area contributed by atoms with E-state index in [1.54, 1.807) is 24.3 Å². The van der Waals surface area contributed by atoms with Crippen molar-refractivity contribution in [2.24, 2.45) is 0 Å². The highest BCUT2D eigenvalue weighted by Gasteiger charge is 2.12. The molecule has 0 saturated carbocycles. The molecule has 4 nitrogen and oxygen atoms in total. The lowest BCUT2D eigenvalue weighted by Crippen LogP contribution is -2.18. The second-order valence-electron chi connectivity index (χ2n) is 5.18. The summed E-state index contributed by atoms with van der Waals surface area (Å²) in [7, 11) is 0. The van der Waals surface area contributed by atoms with Gasteiger partial charge in [-0.2, -0.15) is 21.0 Å². The van der Waals surface area contributed by atoms with Crippen molar-refractivity contribution in [2.45, 2.75) is 0 Å². The van der Waals surface area contributed by atoms with Crippen LogP contribution in [0.2, 0.25) is 0 Å². The third-order valence-electron chi connectivity index (χ3n) is 3.93. The summed E-state index contributed by atoms with van der Waals surface area (Å²) in [5, 5.41) is 41.4. The van der Waals surface area contributed by atoms with Crippen LogP contribution in [0.15, 0.2) is 42.5 Å². The van der Waals surface area contributed by atoms with E-state index in [9.17, 15) is 21.0 Å². The zero-order chi connectivity index (χ0) is 18.0. The highest BCUT2D eigenvalue weighted by atomic mass is 127. The first-order chi connectivity index (χ1) is 12.2. The van der Waals surface area contributed by atoms with Gasteiger partial charge in [0.15, 0.2) is 0 Å². The molecular weight excluding hydrogens is 423 g/mol. The summed E-state index contributed by atoms with van der Waals surface area (Å²) in [6, 6.07) is 20.6. The highest BCUT2D eigenvalue weighted by Crippen LogP contribution is 2.18.